The highest BCUT2D eigenvalue weighted by Crippen LogP contribution is 2.23. The molecule has 0 heterocycles. The monoisotopic (exact) mass is 379 g/mol. The van der Waals surface area contributed by atoms with Gasteiger partial charge in [0.25, 0.3) is 5.69 Å². The van der Waals surface area contributed by atoms with Gasteiger partial charge in [-0.15, -0.1) is 0 Å². The number of non-ortho nitro benzene ring substituents is 1. The zero-order valence-electron chi connectivity index (χ0n) is 13.9. The Labute approximate surface area is 148 Å². The van der Waals surface area contributed by atoms with Gasteiger partial charge in [-0.05, 0) is 43.7 Å². The number of ketones is 1. The predicted molar refractivity (Wildman–Crippen MR) is 100 cm³/mol. The van der Waals surface area contributed by atoms with E-state index in [9.17, 15) is 23.3 Å². The van der Waals surface area contributed by atoms with E-state index in [4.69, 9.17) is 0 Å². The molecule has 0 amide bonds. The fraction of sp³-hybridized carbons (Fsp3) is 0.176. The molecule has 0 fully saturated rings. The van der Waals surface area contributed by atoms with Gasteiger partial charge in [0.15, 0.2) is 0 Å². The molecule has 8 heteroatoms. The molecule has 2 rings (SSSR count). The molecule has 0 atom stereocenters. The highest BCUT2D eigenvalue weighted by atomic mass is 32.2. The highest BCUT2D eigenvalue weighted by Gasteiger charge is 2.29. The molecule has 0 aliphatic carbocycles. The average Bonchev–Trinajstić information content (AvgIpc) is 2.54. The second-order valence-corrected chi connectivity index (χ2v) is 9.74. The van der Waals surface area contributed by atoms with Crippen molar-refractivity contribution in [2.45, 2.75) is 11.8 Å². The maximum atomic E-state index is 12.9. The number of hydrogen-bond acceptors (Lipinski definition) is 5. The van der Waals surface area contributed by atoms with E-state index in [1.54, 1.807) is 24.6 Å². The van der Waals surface area contributed by atoms with Crippen LogP contribution in [0.2, 0.25) is 0 Å². The summed E-state index contributed by atoms with van der Waals surface area (Å²) in [7, 11) is -4.77. The Hall–Kier alpha value is -2.32. The van der Waals surface area contributed by atoms with Crippen LogP contribution in [0, 0.1) is 17.0 Å². The molecule has 0 saturated carbocycles. The molecule has 0 unspecified atom stereocenters. The zero-order chi connectivity index (χ0) is 18.8. The molecule has 6 nitrogen and oxygen atoms in total. The Kier molecular flexibility index (Phi) is 5.54. The minimum Gasteiger partial charge on any atom is -0.287 e. The van der Waals surface area contributed by atoms with Gasteiger partial charge in [-0.2, -0.15) is 10.5 Å². The lowest BCUT2D eigenvalue weighted by Crippen LogP contribution is -2.25. The summed E-state index contributed by atoms with van der Waals surface area (Å²) >= 11 is 0. The van der Waals surface area contributed by atoms with Crippen LogP contribution >= 0.6 is 10.5 Å². The summed E-state index contributed by atoms with van der Waals surface area (Å²) in [5.41, 5.74) is 0.859. The van der Waals surface area contributed by atoms with Crippen LogP contribution in [-0.4, -0.2) is 35.8 Å². The van der Waals surface area contributed by atoms with Crippen LogP contribution in [0.5, 0.6) is 0 Å². The summed E-state index contributed by atoms with van der Waals surface area (Å²) in [5.74, 6) is -0.635. The van der Waals surface area contributed by atoms with Gasteiger partial charge in [-0.25, -0.2) is 8.42 Å². The fourth-order valence-corrected chi connectivity index (χ4v) is 5.81. The van der Waals surface area contributed by atoms with E-state index in [1.165, 1.54) is 36.4 Å². The molecule has 0 radical (unpaired) electrons. The lowest BCUT2D eigenvalue weighted by molar-refractivity contribution is -0.384. The topological polar surface area (TPSA) is 94.3 Å². The Bertz CT molecular complexity index is 955. The second kappa shape index (κ2) is 7.28. The van der Waals surface area contributed by atoms with E-state index >= 15 is 0 Å². The van der Waals surface area contributed by atoms with Crippen LogP contribution in [0.4, 0.5) is 5.69 Å². The molecular weight excluding hydrogens is 362 g/mol. The van der Waals surface area contributed by atoms with Crippen molar-refractivity contribution in [2.24, 2.45) is 0 Å². The first-order chi connectivity index (χ1) is 11.6. The van der Waals surface area contributed by atoms with Gasteiger partial charge < -0.3 is 0 Å². The molecule has 0 aliphatic rings. The first-order valence-electron chi connectivity index (χ1n) is 7.20. The predicted octanol–water partition coefficient (Wildman–Crippen LogP) is 3.22. The first-order valence-corrected chi connectivity index (χ1v) is 10.7. The standard InChI is InChI=1S/C17H17NO5S2/c1-12-4-10-15(11-5-12)25(22,23)17(24(2)3)16(19)13-6-8-14(9-7-13)18(20)21/h4-11H,1-3H3. The molecule has 0 N–H and O–H groups in total. The van der Waals surface area contributed by atoms with Crippen LogP contribution in [0.15, 0.2) is 53.4 Å². The van der Waals surface area contributed by atoms with Gasteiger partial charge in [0, 0.05) is 17.7 Å². The third-order valence-electron chi connectivity index (χ3n) is 3.47. The molecular formula is C17H17NO5S2. The SMILES string of the molecule is Cc1ccc(S(=O)(=O)C(C(=O)c2ccc([N+](=O)[O-])cc2)=S(C)C)cc1. The number of hydrogen-bond donors (Lipinski definition) is 0. The maximum Gasteiger partial charge on any atom is 0.269 e. The third-order valence-corrected chi connectivity index (χ3v) is 7.62. The minimum absolute atomic E-state index is 0.0598. The maximum absolute atomic E-state index is 12.9. The Balaban J connectivity index is 2.51. The van der Waals surface area contributed by atoms with Gasteiger partial charge in [0.1, 0.15) is 4.20 Å². The lowest BCUT2D eigenvalue weighted by atomic mass is 10.1. The van der Waals surface area contributed by atoms with Crippen molar-refractivity contribution in [2.75, 3.05) is 12.5 Å². The van der Waals surface area contributed by atoms with Crippen molar-refractivity contribution in [3.05, 3.63) is 69.8 Å². The first kappa shape index (κ1) is 19.0. The van der Waals surface area contributed by atoms with Gasteiger partial charge in [0.2, 0.25) is 15.6 Å². The number of sulfone groups is 1. The number of nitrogens with zero attached hydrogens (tertiary/aromatic N) is 1. The van der Waals surface area contributed by atoms with E-state index in [0.29, 0.717) is 0 Å². The van der Waals surface area contributed by atoms with Crippen molar-refractivity contribution in [1.29, 1.82) is 0 Å². The number of Topliss-reactive ketones (excluding diaryl/α,β-unsaturated/α-hetero) is 1. The summed E-state index contributed by atoms with van der Waals surface area (Å²) in [4.78, 5) is 23.0. The highest BCUT2D eigenvalue weighted by molar-refractivity contribution is 8.32. The molecule has 25 heavy (non-hydrogen) atoms. The van der Waals surface area contributed by atoms with Gasteiger partial charge in [0.05, 0.1) is 9.82 Å². The number of aryl methyl sites for hydroxylation is 1. The second-order valence-electron chi connectivity index (χ2n) is 5.55. The van der Waals surface area contributed by atoms with Gasteiger partial charge >= 0.3 is 0 Å². The van der Waals surface area contributed by atoms with Crippen molar-refractivity contribution in [3.63, 3.8) is 0 Å². The molecule has 2 aromatic rings. The van der Waals surface area contributed by atoms with Crippen molar-refractivity contribution < 1.29 is 18.1 Å². The summed E-state index contributed by atoms with van der Waals surface area (Å²) in [5, 5.41) is 10.7. The smallest absolute Gasteiger partial charge is 0.269 e. The number of benzene rings is 2. The molecule has 0 spiro atoms. The van der Waals surface area contributed by atoms with Crippen molar-refractivity contribution in [3.8, 4) is 0 Å². The molecule has 132 valence electrons. The molecule has 0 aromatic heterocycles. The number of nitro groups is 1. The Morgan fingerprint density at radius 3 is 1.96 bits per heavy atom. The number of carbonyl (C=O) groups excluding carboxylic acids is 1. The Morgan fingerprint density at radius 2 is 1.52 bits per heavy atom. The average molecular weight is 379 g/mol. The largest absolute Gasteiger partial charge is 0.287 e. The van der Waals surface area contributed by atoms with Crippen molar-refractivity contribution >= 4 is 36.0 Å². The van der Waals surface area contributed by atoms with Crippen LogP contribution in [0.3, 0.4) is 0 Å². The minimum atomic E-state index is -3.95. The summed E-state index contributed by atoms with van der Waals surface area (Å²) in [6.45, 7) is 1.84. The van der Waals surface area contributed by atoms with Crippen LogP contribution in [0.25, 0.3) is 0 Å². The molecule has 2 aromatic carbocycles. The molecule has 0 bridgehead atoms. The lowest BCUT2D eigenvalue weighted by Gasteiger charge is -2.11. The van der Waals surface area contributed by atoms with Crippen LogP contribution in [-0.2, 0) is 9.84 Å². The third kappa shape index (κ3) is 4.02. The van der Waals surface area contributed by atoms with E-state index in [1.807, 2.05) is 6.92 Å². The number of carbonyl (C=O) groups is 1. The van der Waals surface area contributed by atoms with Crippen LogP contribution < -0.4 is 0 Å². The van der Waals surface area contributed by atoms with E-state index in [2.05, 4.69) is 0 Å². The quantitative estimate of drug-likeness (QED) is 0.352. The number of nitro benzene ring substituents is 1. The van der Waals surface area contributed by atoms with E-state index in [0.717, 1.165) is 5.56 Å². The molecule has 0 aliphatic heterocycles. The van der Waals surface area contributed by atoms with Crippen LogP contribution in [0.1, 0.15) is 15.9 Å². The summed E-state index contributed by atoms with van der Waals surface area (Å²) < 4.78 is 25.6. The summed E-state index contributed by atoms with van der Waals surface area (Å²) in [6.07, 6.45) is 3.31. The van der Waals surface area contributed by atoms with Crippen molar-refractivity contribution in [1.82, 2.24) is 0 Å². The van der Waals surface area contributed by atoms with Gasteiger partial charge in [-0.3, -0.25) is 14.9 Å². The van der Waals surface area contributed by atoms with Gasteiger partial charge in [-0.1, -0.05) is 17.7 Å². The van der Waals surface area contributed by atoms with E-state index < -0.39 is 31.0 Å². The molecule has 0 saturated heterocycles. The van der Waals surface area contributed by atoms with E-state index in [-0.39, 0.29) is 20.3 Å². The zero-order valence-corrected chi connectivity index (χ0v) is 15.6. The Morgan fingerprint density at radius 1 is 1.00 bits per heavy atom. The number of rotatable bonds is 4. The normalized spacial score (nSPS) is 11.4. The fourth-order valence-electron chi connectivity index (χ4n) is 2.20. The summed E-state index contributed by atoms with van der Waals surface area (Å²) in [6, 6.07) is 11.2.